The number of aliphatic carboxylic acids is 1. The molecule has 0 atom stereocenters. The number of anilines is 1. The molecule has 0 aliphatic rings. The van der Waals surface area contributed by atoms with Crippen LogP contribution in [-0.2, 0) is 9.59 Å². The molecule has 1 amide bonds. The van der Waals surface area contributed by atoms with Crippen molar-refractivity contribution in [1.82, 2.24) is 5.32 Å². The predicted molar refractivity (Wildman–Crippen MR) is 76.6 cm³/mol. The average molecular weight is 295 g/mol. The minimum absolute atomic E-state index is 0.114. The van der Waals surface area contributed by atoms with E-state index in [1.54, 1.807) is 25.3 Å². The van der Waals surface area contributed by atoms with Crippen LogP contribution in [-0.4, -0.2) is 29.1 Å². The Hall–Kier alpha value is -1.91. The van der Waals surface area contributed by atoms with Crippen molar-refractivity contribution in [2.45, 2.75) is 32.2 Å². The molecule has 1 rings (SSSR count). The van der Waals surface area contributed by atoms with Gasteiger partial charge in [0.2, 0.25) is 5.91 Å². The molecule has 0 saturated heterocycles. The number of nitriles is 1. The zero-order valence-electron chi connectivity index (χ0n) is 11.4. The minimum Gasteiger partial charge on any atom is -0.480 e. The van der Waals surface area contributed by atoms with Crippen LogP contribution in [0.15, 0.2) is 11.4 Å². The number of thiophene rings is 1. The summed E-state index contributed by atoms with van der Waals surface area (Å²) < 4.78 is 0. The molecular formula is C13H17N3O3S. The summed E-state index contributed by atoms with van der Waals surface area (Å²) in [6, 6.07) is 3.59. The summed E-state index contributed by atoms with van der Waals surface area (Å²) in [5.74, 6) is -1.33. The first-order chi connectivity index (χ1) is 9.49. The highest BCUT2D eigenvalue weighted by Gasteiger charge is 2.34. The van der Waals surface area contributed by atoms with Crippen LogP contribution >= 0.6 is 11.3 Å². The molecule has 108 valence electrons. The van der Waals surface area contributed by atoms with Gasteiger partial charge in [-0.2, -0.15) is 5.26 Å². The fourth-order valence-electron chi connectivity index (χ4n) is 1.79. The second kappa shape index (κ2) is 7.03. The number of amides is 1. The van der Waals surface area contributed by atoms with E-state index in [4.69, 9.17) is 5.26 Å². The fraction of sp³-hybridized carbons (Fsp3) is 0.462. The van der Waals surface area contributed by atoms with E-state index in [9.17, 15) is 14.7 Å². The molecule has 0 aliphatic heterocycles. The van der Waals surface area contributed by atoms with Gasteiger partial charge in [0.15, 0.2) is 0 Å². The van der Waals surface area contributed by atoms with Gasteiger partial charge in [-0.25, -0.2) is 0 Å². The van der Waals surface area contributed by atoms with Crippen LogP contribution in [0.25, 0.3) is 0 Å². The number of carbonyl (C=O) groups is 2. The highest BCUT2D eigenvalue weighted by atomic mass is 32.1. The number of carboxylic acid groups (broad SMARTS) is 1. The summed E-state index contributed by atoms with van der Waals surface area (Å²) >= 11 is 1.26. The summed E-state index contributed by atoms with van der Waals surface area (Å²) in [5.41, 5.74) is -0.691. The van der Waals surface area contributed by atoms with Gasteiger partial charge in [-0.3, -0.25) is 14.9 Å². The molecule has 1 aromatic rings. The van der Waals surface area contributed by atoms with Crippen molar-refractivity contribution in [2.75, 3.05) is 11.9 Å². The number of nitrogens with one attached hydrogen (secondary N) is 2. The van der Waals surface area contributed by atoms with Crippen molar-refractivity contribution in [1.29, 1.82) is 5.26 Å². The topological polar surface area (TPSA) is 102 Å². The summed E-state index contributed by atoms with van der Waals surface area (Å²) in [6.07, 6.45) is 0.767. The molecule has 1 heterocycles. The zero-order chi connectivity index (χ0) is 15.2. The standard InChI is InChI=1S/C13H17N3O3S/c1-3-13(4-2,12(18)19)15-8-10(17)16-11-9(7-14)5-6-20-11/h5-6,15H,3-4,8H2,1-2H3,(H,16,17)(H,18,19). The first-order valence-corrected chi connectivity index (χ1v) is 7.13. The van der Waals surface area contributed by atoms with E-state index in [1.165, 1.54) is 11.3 Å². The molecule has 0 aromatic carbocycles. The van der Waals surface area contributed by atoms with Crippen molar-refractivity contribution >= 4 is 28.2 Å². The van der Waals surface area contributed by atoms with Gasteiger partial charge in [0.1, 0.15) is 16.6 Å². The van der Waals surface area contributed by atoms with Crippen molar-refractivity contribution in [2.24, 2.45) is 0 Å². The molecule has 0 spiro atoms. The van der Waals surface area contributed by atoms with Crippen molar-refractivity contribution < 1.29 is 14.7 Å². The van der Waals surface area contributed by atoms with Crippen molar-refractivity contribution in [3.63, 3.8) is 0 Å². The maximum Gasteiger partial charge on any atom is 0.323 e. The second-order valence-corrected chi connectivity index (χ2v) is 5.19. The highest BCUT2D eigenvalue weighted by molar-refractivity contribution is 7.14. The van der Waals surface area contributed by atoms with E-state index in [2.05, 4.69) is 10.6 Å². The minimum atomic E-state index is -1.09. The Labute approximate surface area is 121 Å². The Bertz CT molecular complexity index is 529. The number of carbonyl (C=O) groups excluding carboxylic acids is 1. The largest absolute Gasteiger partial charge is 0.480 e. The summed E-state index contributed by atoms with van der Waals surface area (Å²) in [5, 5.41) is 25.7. The molecule has 0 radical (unpaired) electrons. The van der Waals surface area contributed by atoms with Crippen LogP contribution in [0, 0.1) is 11.3 Å². The van der Waals surface area contributed by atoms with Gasteiger partial charge in [-0.15, -0.1) is 11.3 Å². The lowest BCUT2D eigenvalue weighted by atomic mass is 9.93. The Kier molecular flexibility index (Phi) is 5.67. The summed E-state index contributed by atoms with van der Waals surface area (Å²) in [6.45, 7) is 3.40. The highest BCUT2D eigenvalue weighted by Crippen LogP contribution is 2.22. The van der Waals surface area contributed by atoms with Gasteiger partial charge in [-0.1, -0.05) is 13.8 Å². The molecule has 0 aliphatic carbocycles. The van der Waals surface area contributed by atoms with Gasteiger partial charge in [-0.05, 0) is 24.3 Å². The Balaban J connectivity index is 2.64. The summed E-state index contributed by atoms with van der Waals surface area (Å²) in [7, 11) is 0. The van der Waals surface area contributed by atoms with Gasteiger partial charge in [0, 0.05) is 0 Å². The Morgan fingerprint density at radius 3 is 2.60 bits per heavy atom. The molecule has 3 N–H and O–H groups in total. The Morgan fingerprint density at radius 1 is 1.45 bits per heavy atom. The number of rotatable bonds is 7. The van der Waals surface area contributed by atoms with Gasteiger partial charge >= 0.3 is 5.97 Å². The van der Waals surface area contributed by atoms with E-state index >= 15 is 0 Å². The number of hydrogen-bond donors (Lipinski definition) is 3. The fourth-order valence-corrected chi connectivity index (χ4v) is 2.55. The number of hydrogen-bond acceptors (Lipinski definition) is 5. The van der Waals surface area contributed by atoms with Crippen LogP contribution < -0.4 is 10.6 Å². The van der Waals surface area contributed by atoms with Crippen LogP contribution in [0.5, 0.6) is 0 Å². The van der Waals surface area contributed by atoms with Gasteiger partial charge < -0.3 is 10.4 Å². The molecule has 0 unspecified atom stereocenters. The molecule has 1 aromatic heterocycles. The summed E-state index contributed by atoms with van der Waals surface area (Å²) in [4.78, 5) is 23.1. The smallest absolute Gasteiger partial charge is 0.323 e. The molecular weight excluding hydrogens is 278 g/mol. The molecule has 0 saturated carbocycles. The predicted octanol–water partition coefficient (Wildman–Crippen LogP) is 1.79. The molecule has 6 nitrogen and oxygen atoms in total. The van der Waals surface area contributed by atoms with Gasteiger partial charge in [0.25, 0.3) is 0 Å². The van der Waals surface area contributed by atoms with Crippen LogP contribution in [0.2, 0.25) is 0 Å². The van der Waals surface area contributed by atoms with Crippen molar-refractivity contribution in [3.05, 3.63) is 17.0 Å². The molecule has 20 heavy (non-hydrogen) atoms. The first-order valence-electron chi connectivity index (χ1n) is 6.25. The first kappa shape index (κ1) is 16.1. The third kappa shape index (κ3) is 3.56. The number of nitrogens with zero attached hydrogens (tertiary/aromatic N) is 1. The quantitative estimate of drug-likeness (QED) is 0.711. The van der Waals surface area contributed by atoms with Crippen LogP contribution in [0.3, 0.4) is 0 Å². The van der Waals surface area contributed by atoms with Gasteiger partial charge in [0.05, 0.1) is 12.1 Å². The van der Waals surface area contributed by atoms with Crippen LogP contribution in [0.1, 0.15) is 32.3 Å². The lowest BCUT2D eigenvalue weighted by Gasteiger charge is -2.27. The SMILES string of the molecule is CCC(CC)(NCC(=O)Nc1sccc1C#N)C(=O)O. The maximum absolute atomic E-state index is 11.8. The van der Waals surface area contributed by atoms with E-state index in [1.807, 2.05) is 6.07 Å². The third-order valence-corrected chi connectivity index (χ3v) is 4.07. The lowest BCUT2D eigenvalue weighted by Crippen LogP contribution is -2.53. The molecule has 0 bridgehead atoms. The second-order valence-electron chi connectivity index (χ2n) is 4.27. The average Bonchev–Trinajstić information content (AvgIpc) is 2.87. The lowest BCUT2D eigenvalue weighted by molar-refractivity contribution is -0.145. The molecule has 7 heteroatoms. The third-order valence-electron chi connectivity index (χ3n) is 3.24. The van der Waals surface area contributed by atoms with Crippen LogP contribution in [0.4, 0.5) is 5.00 Å². The Morgan fingerprint density at radius 2 is 2.10 bits per heavy atom. The van der Waals surface area contributed by atoms with E-state index in [0.29, 0.717) is 23.4 Å². The molecule has 0 fully saturated rings. The zero-order valence-corrected chi connectivity index (χ0v) is 12.2. The number of carboxylic acids is 1. The van der Waals surface area contributed by atoms with E-state index < -0.39 is 11.5 Å². The normalized spacial score (nSPS) is 10.8. The van der Waals surface area contributed by atoms with E-state index in [0.717, 1.165) is 0 Å². The van der Waals surface area contributed by atoms with Crippen molar-refractivity contribution in [3.8, 4) is 6.07 Å². The van der Waals surface area contributed by atoms with E-state index in [-0.39, 0.29) is 12.5 Å². The monoisotopic (exact) mass is 295 g/mol. The maximum atomic E-state index is 11.8.